The van der Waals surface area contributed by atoms with Crippen LogP contribution in [0, 0.1) is 0 Å². The van der Waals surface area contributed by atoms with Gasteiger partial charge in [0.25, 0.3) is 0 Å². The van der Waals surface area contributed by atoms with Gasteiger partial charge < -0.3 is 19.8 Å². The van der Waals surface area contributed by atoms with Gasteiger partial charge in [-0.1, -0.05) is 13.3 Å². The molecule has 0 aliphatic rings. The molecule has 0 amide bonds. The van der Waals surface area contributed by atoms with Gasteiger partial charge in [0.15, 0.2) is 5.96 Å². The minimum Gasteiger partial charge on any atom is -0.468 e. The first-order chi connectivity index (χ1) is 11.7. The smallest absolute Gasteiger partial charge is 0.191 e. The van der Waals surface area contributed by atoms with Gasteiger partial charge in [-0.2, -0.15) is 0 Å². The Hall–Kier alpha value is -1.53. The molecule has 2 N–H and O–H groups in total. The van der Waals surface area contributed by atoms with E-state index < -0.39 is 0 Å². The van der Waals surface area contributed by atoms with E-state index in [0.717, 1.165) is 50.9 Å². The van der Waals surface area contributed by atoms with Crippen LogP contribution in [0.5, 0.6) is 0 Å². The number of nitrogens with zero attached hydrogens (tertiary/aromatic N) is 2. The van der Waals surface area contributed by atoms with Crippen molar-refractivity contribution in [1.29, 1.82) is 0 Å². The van der Waals surface area contributed by atoms with Crippen LogP contribution in [0.15, 0.2) is 27.8 Å². The molecule has 0 radical (unpaired) electrons. The third-order valence-corrected chi connectivity index (χ3v) is 3.66. The van der Waals surface area contributed by atoms with Gasteiger partial charge in [-0.05, 0) is 46.0 Å². The van der Waals surface area contributed by atoms with Crippen LogP contribution in [0.1, 0.15) is 44.9 Å². The molecule has 0 aliphatic heterocycles. The summed E-state index contributed by atoms with van der Waals surface area (Å²) in [5.41, 5.74) is 0. The van der Waals surface area contributed by atoms with Gasteiger partial charge in [-0.15, -0.1) is 0 Å². The summed E-state index contributed by atoms with van der Waals surface area (Å²) in [6.45, 7) is 8.23. The summed E-state index contributed by atoms with van der Waals surface area (Å²) >= 11 is 0. The number of rotatable bonds is 12. The quantitative estimate of drug-likeness (QED) is 0.348. The average Bonchev–Trinajstić information content (AvgIpc) is 3.08. The van der Waals surface area contributed by atoms with Gasteiger partial charge in [-0.3, -0.25) is 9.89 Å². The van der Waals surface area contributed by atoms with Crippen LogP contribution in [0.2, 0.25) is 0 Å². The fraction of sp³-hybridized carbons (Fsp3) is 0.722. The summed E-state index contributed by atoms with van der Waals surface area (Å²) < 4.78 is 11.1. The van der Waals surface area contributed by atoms with E-state index in [1.807, 2.05) is 26.2 Å². The molecule has 6 heteroatoms. The monoisotopic (exact) mass is 338 g/mol. The molecule has 6 nitrogen and oxygen atoms in total. The zero-order valence-corrected chi connectivity index (χ0v) is 15.7. The molecule has 1 aromatic heterocycles. The number of furan rings is 1. The standard InChI is InChI=1S/C18H34N4O2/c1-5-7-12-23-13-9-11-20-18(19-6-2)21-15-16(22(3)4)17-10-8-14-24-17/h8,10,14,16H,5-7,9,11-13,15H2,1-4H3,(H2,19,20,21). The molecule has 0 saturated heterocycles. The number of hydrogen-bond donors (Lipinski definition) is 2. The summed E-state index contributed by atoms with van der Waals surface area (Å²) in [6.07, 6.45) is 5.00. The van der Waals surface area contributed by atoms with Gasteiger partial charge in [0.2, 0.25) is 0 Å². The third kappa shape index (κ3) is 8.36. The third-order valence-electron chi connectivity index (χ3n) is 3.66. The van der Waals surface area contributed by atoms with Crippen molar-refractivity contribution >= 4 is 5.96 Å². The maximum absolute atomic E-state index is 5.58. The highest BCUT2D eigenvalue weighted by Gasteiger charge is 2.16. The minimum absolute atomic E-state index is 0.132. The van der Waals surface area contributed by atoms with E-state index in [1.54, 1.807) is 6.26 Å². The normalized spacial score (nSPS) is 13.3. The van der Waals surface area contributed by atoms with Crippen molar-refractivity contribution < 1.29 is 9.15 Å². The van der Waals surface area contributed by atoms with Gasteiger partial charge >= 0.3 is 0 Å². The molecule has 1 aromatic rings. The van der Waals surface area contributed by atoms with Crippen LogP contribution in [-0.2, 0) is 4.74 Å². The van der Waals surface area contributed by atoms with Crippen LogP contribution in [-0.4, -0.2) is 57.8 Å². The topological polar surface area (TPSA) is 62.0 Å². The van der Waals surface area contributed by atoms with E-state index in [2.05, 4.69) is 29.4 Å². The number of hydrogen-bond acceptors (Lipinski definition) is 4. The van der Waals surface area contributed by atoms with E-state index in [4.69, 9.17) is 14.1 Å². The Morgan fingerprint density at radius 2 is 2.04 bits per heavy atom. The predicted molar refractivity (Wildman–Crippen MR) is 99.5 cm³/mol. The Bertz CT molecular complexity index is 432. The SMILES string of the molecule is CCCCOCCCNC(=NCC(c1ccco1)N(C)C)NCC. The van der Waals surface area contributed by atoms with Crippen molar-refractivity contribution in [2.75, 3.05) is 46.9 Å². The van der Waals surface area contributed by atoms with Crippen LogP contribution in [0.4, 0.5) is 0 Å². The molecular weight excluding hydrogens is 304 g/mol. The Balaban J connectivity index is 2.40. The van der Waals surface area contributed by atoms with Crippen LogP contribution in [0.25, 0.3) is 0 Å². The molecule has 1 rings (SSSR count). The highest BCUT2D eigenvalue weighted by molar-refractivity contribution is 5.79. The first-order valence-electron chi connectivity index (χ1n) is 8.98. The lowest BCUT2D eigenvalue weighted by atomic mass is 10.2. The minimum atomic E-state index is 0.132. The summed E-state index contributed by atoms with van der Waals surface area (Å²) in [7, 11) is 4.08. The number of nitrogens with one attached hydrogen (secondary N) is 2. The highest BCUT2D eigenvalue weighted by Crippen LogP contribution is 2.18. The fourth-order valence-electron chi connectivity index (χ4n) is 2.24. The lowest BCUT2D eigenvalue weighted by Crippen LogP contribution is -2.38. The number of likely N-dealkylation sites (N-methyl/N-ethyl adjacent to an activating group) is 1. The maximum Gasteiger partial charge on any atom is 0.191 e. The van der Waals surface area contributed by atoms with Crippen molar-refractivity contribution in [3.05, 3.63) is 24.2 Å². The van der Waals surface area contributed by atoms with Gasteiger partial charge in [0.1, 0.15) is 5.76 Å². The summed E-state index contributed by atoms with van der Waals surface area (Å²) in [5, 5.41) is 6.64. The van der Waals surface area contributed by atoms with Gasteiger partial charge in [0, 0.05) is 26.3 Å². The lowest BCUT2D eigenvalue weighted by molar-refractivity contribution is 0.129. The number of aliphatic imine (C=N–C) groups is 1. The number of ether oxygens (including phenoxy) is 1. The number of guanidine groups is 1. The van der Waals surface area contributed by atoms with Crippen LogP contribution in [0.3, 0.4) is 0 Å². The van der Waals surface area contributed by atoms with Crippen molar-refractivity contribution in [2.45, 2.75) is 39.2 Å². The molecule has 138 valence electrons. The van der Waals surface area contributed by atoms with Crippen LogP contribution < -0.4 is 10.6 Å². The van der Waals surface area contributed by atoms with Crippen molar-refractivity contribution in [2.24, 2.45) is 4.99 Å². The molecule has 0 saturated carbocycles. The molecule has 0 aromatic carbocycles. The van der Waals surface area contributed by atoms with E-state index in [-0.39, 0.29) is 6.04 Å². The van der Waals surface area contributed by atoms with Gasteiger partial charge in [-0.25, -0.2) is 0 Å². The largest absolute Gasteiger partial charge is 0.468 e. The second-order valence-corrected chi connectivity index (χ2v) is 5.96. The highest BCUT2D eigenvalue weighted by atomic mass is 16.5. The van der Waals surface area contributed by atoms with E-state index in [0.29, 0.717) is 6.54 Å². The van der Waals surface area contributed by atoms with Crippen molar-refractivity contribution in [3.8, 4) is 0 Å². The molecule has 1 heterocycles. The fourth-order valence-corrected chi connectivity index (χ4v) is 2.24. The summed E-state index contributed by atoms with van der Waals surface area (Å²) in [4.78, 5) is 6.81. The lowest BCUT2D eigenvalue weighted by Gasteiger charge is -2.21. The molecule has 0 bridgehead atoms. The first-order valence-corrected chi connectivity index (χ1v) is 8.98. The molecule has 0 aliphatic carbocycles. The maximum atomic E-state index is 5.58. The summed E-state index contributed by atoms with van der Waals surface area (Å²) in [5.74, 6) is 1.77. The Kier molecular flexibility index (Phi) is 11.0. The van der Waals surface area contributed by atoms with Crippen molar-refractivity contribution in [3.63, 3.8) is 0 Å². The van der Waals surface area contributed by atoms with Crippen LogP contribution >= 0.6 is 0 Å². The molecule has 0 fully saturated rings. The summed E-state index contributed by atoms with van der Waals surface area (Å²) in [6, 6.07) is 4.04. The average molecular weight is 338 g/mol. The number of unbranched alkanes of at least 4 members (excludes halogenated alkanes) is 1. The zero-order valence-electron chi connectivity index (χ0n) is 15.7. The predicted octanol–water partition coefficient (Wildman–Crippen LogP) is 2.64. The van der Waals surface area contributed by atoms with Crippen molar-refractivity contribution in [1.82, 2.24) is 15.5 Å². The first kappa shape index (κ1) is 20.5. The second-order valence-electron chi connectivity index (χ2n) is 5.96. The van der Waals surface area contributed by atoms with E-state index in [1.165, 1.54) is 6.42 Å². The Morgan fingerprint density at radius 3 is 2.67 bits per heavy atom. The molecule has 0 spiro atoms. The molecule has 1 atom stereocenters. The molecule has 24 heavy (non-hydrogen) atoms. The molecular formula is C18H34N4O2. The second kappa shape index (κ2) is 12.8. The van der Waals surface area contributed by atoms with Gasteiger partial charge in [0.05, 0.1) is 18.8 Å². The zero-order chi connectivity index (χ0) is 17.6. The molecule has 1 unspecified atom stereocenters. The Morgan fingerprint density at radius 1 is 1.25 bits per heavy atom. The van der Waals surface area contributed by atoms with E-state index in [9.17, 15) is 0 Å². The van der Waals surface area contributed by atoms with E-state index >= 15 is 0 Å². The Labute approximate surface area is 146 Å².